The molecular formula is C14H21Cl2N3O2. The number of carbonyl (C=O) groups is 1. The summed E-state index contributed by atoms with van der Waals surface area (Å²) < 4.78 is 5.22. The molecule has 2 rings (SSSR count). The van der Waals surface area contributed by atoms with Crippen LogP contribution in [-0.4, -0.2) is 50.1 Å². The van der Waals surface area contributed by atoms with E-state index < -0.39 is 0 Å². The Morgan fingerprint density at radius 2 is 2.33 bits per heavy atom. The molecule has 0 aliphatic carbocycles. The Bertz CT molecular complexity index is 485. The SMILES string of the molecule is COc1ccc(Cl)cc1NC(=O)CN1CCNC[C@@H]1C.Cl. The molecular weight excluding hydrogens is 313 g/mol. The van der Waals surface area contributed by atoms with E-state index in [0.29, 0.717) is 29.0 Å². The molecule has 1 amide bonds. The van der Waals surface area contributed by atoms with Crippen LogP contribution in [0.3, 0.4) is 0 Å². The minimum Gasteiger partial charge on any atom is -0.495 e. The van der Waals surface area contributed by atoms with Gasteiger partial charge in [0.05, 0.1) is 19.3 Å². The normalized spacial score (nSPS) is 18.7. The molecule has 2 N–H and O–H groups in total. The maximum Gasteiger partial charge on any atom is 0.238 e. The Hall–Kier alpha value is -1.01. The van der Waals surface area contributed by atoms with Gasteiger partial charge in [0.25, 0.3) is 0 Å². The molecule has 118 valence electrons. The molecule has 0 aromatic heterocycles. The highest BCUT2D eigenvalue weighted by Crippen LogP contribution is 2.27. The number of hydrogen-bond donors (Lipinski definition) is 2. The number of benzene rings is 1. The lowest BCUT2D eigenvalue weighted by Gasteiger charge is -2.33. The highest BCUT2D eigenvalue weighted by atomic mass is 35.5. The number of anilines is 1. The third kappa shape index (κ3) is 5.04. The molecule has 7 heteroatoms. The zero-order chi connectivity index (χ0) is 14.5. The van der Waals surface area contributed by atoms with Crippen molar-refractivity contribution in [1.82, 2.24) is 10.2 Å². The van der Waals surface area contributed by atoms with Gasteiger partial charge >= 0.3 is 0 Å². The van der Waals surface area contributed by atoms with E-state index in [2.05, 4.69) is 22.5 Å². The number of amides is 1. The quantitative estimate of drug-likeness (QED) is 0.884. The van der Waals surface area contributed by atoms with E-state index in [1.807, 2.05) is 0 Å². The molecule has 0 saturated carbocycles. The van der Waals surface area contributed by atoms with Crippen LogP contribution in [-0.2, 0) is 4.79 Å². The second kappa shape index (κ2) is 8.44. The van der Waals surface area contributed by atoms with Gasteiger partial charge in [-0.15, -0.1) is 12.4 Å². The third-order valence-electron chi connectivity index (χ3n) is 3.42. The lowest BCUT2D eigenvalue weighted by atomic mass is 10.2. The molecule has 1 aliphatic rings. The van der Waals surface area contributed by atoms with E-state index in [1.165, 1.54) is 0 Å². The van der Waals surface area contributed by atoms with Gasteiger partial charge in [0.1, 0.15) is 5.75 Å². The number of hydrogen-bond acceptors (Lipinski definition) is 4. The van der Waals surface area contributed by atoms with Crippen molar-refractivity contribution in [2.24, 2.45) is 0 Å². The topological polar surface area (TPSA) is 53.6 Å². The Labute approximate surface area is 136 Å². The number of nitrogens with one attached hydrogen (secondary N) is 2. The van der Waals surface area contributed by atoms with Crippen molar-refractivity contribution in [1.29, 1.82) is 0 Å². The first-order chi connectivity index (χ1) is 9.60. The van der Waals surface area contributed by atoms with Gasteiger partial charge in [-0.1, -0.05) is 11.6 Å². The number of ether oxygens (including phenoxy) is 1. The summed E-state index contributed by atoms with van der Waals surface area (Å²) in [5, 5.41) is 6.73. The van der Waals surface area contributed by atoms with Crippen LogP contribution in [0.4, 0.5) is 5.69 Å². The maximum absolute atomic E-state index is 12.1. The van der Waals surface area contributed by atoms with Crippen molar-refractivity contribution in [3.05, 3.63) is 23.2 Å². The number of rotatable bonds is 4. The number of carbonyl (C=O) groups excluding carboxylic acids is 1. The summed E-state index contributed by atoms with van der Waals surface area (Å²) in [6, 6.07) is 5.52. The average molecular weight is 334 g/mol. The van der Waals surface area contributed by atoms with E-state index >= 15 is 0 Å². The lowest BCUT2D eigenvalue weighted by Crippen LogP contribution is -2.51. The van der Waals surface area contributed by atoms with Crippen LogP contribution in [0.5, 0.6) is 5.75 Å². The highest BCUT2D eigenvalue weighted by Gasteiger charge is 2.20. The van der Waals surface area contributed by atoms with Crippen LogP contribution in [0.25, 0.3) is 0 Å². The molecule has 21 heavy (non-hydrogen) atoms. The Morgan fingerprint density at radius 1 is 1.57 bits per heavy atom. The Kier molecular flexibility index (Phi) is 7.25. The molecule has 1 aromatic carbocycles. The van der Waals surface area contributed by atoms with Gasteiger partial charge in [-0.05, 0) is 25.1 Å². The summed E-state index contributed by atoms with van der Waals surface area (Å²) in [6.45, 7) is 5.19. The number of methoxy groups -OCH3 is 1. The average Bonchev–Trinajstić information content (AvgIpc) is 2.41. The Balaban J connectivity index is 0.00000220. The molecule has 0 radical (unpaired) electrons. The van der Waals surface area contributed by atoms with Crippen molar-refractivity contribution in [2.45, 2.75) is 13.0 Å². The molecule has 0 unspecified atom stereocenters. The number of halogens is 2. The van der Waals surface area contributed by atoms with Gasteiger partial charge < -0.3 is 15.4 Å². The molecule has 0 bridgehead atoms. The summed E-state index contributed by atoms with van der Waals surface area (Å²) in [5.74, 6) is 0.551. The molecule has 1 fully saturated rings. The number of nitrogens with zero attached hydrogens (tertiary/aromatic N) is 1. The lowest BCUT2D eigenvalue weighted by molar-refractivity contribution is -0.118. The second-order valence-electron chi connectivity index (χ2n) is 4.92. The standard InChI is InChI=1S/C14H20ClN3O2.ClH/c1-10-8-16-5-6-18(10)9-14(19)17-12-7-11(15)3-4-13(12)20-2;/h3-4,7,10,16H,5-6,8-9H2,1-2H3,(H,17,19);1H/t10-;/m0./s1. The highest BCUT2D eigenvalue weighted by molar-refractivity contribution is 6.31. The van der Waals surface area contributed by atoms with Crippen LogP contribution in [0.15, 0.2) is 18.2 Å². The number of piperazine rings is 1. The molecule has 1 aliphatic heterocycles. The zero-order valence-corrected chi connectivity index (χ0v) is 13.8. The minimum absolute atomic E-state index is 0. The van der Waals surface area contributed by atoms with E-state index in [9.17, 15) is 4.79 Å². The van der Waals surface area contributed by atoms with Gasteiger partial charge in [0, 0.05) is 30.7 Å². The van der Waals surface area contributed by atoms with E-state index in [-0.39, 0.29) is 18.3 Å². The van der Waals surface area contributed by atoms with Crippen LogP contribution < -0.4 is 15.4 Å². The van der Waals surface area contributed by atoms with Crippen LogP contribution in [0, 0.1) is 0 Å². The van der Waals surface area contributed by atoms with Gasteiger partial charge in [-0.3, -0.25) is 9.69 Å². The van der Waals surface area contributed by atoms with Gasteiger partial charge in [0.2, 0.25) is 5.91 Å². The predicted octanol–water partition coefficient (Wildman–Crippen LogP) is 2.00. The summed E-state index contributed by atoms with van der Waals surface area (Å²) in [7, 11) is 1.57. The third-order valence-corrected chi connectivity index (χ3v) is 3.66. The maximum atomic E-state index is 12.1. The van der Waals surface area contributed by atoms with Gasteiger partial charge in [-0.2, -0.15) is 0 Å². The van der Waals surface area contributed by atoms with Crippen molar-refractivity contribution < 1.29 is 9.53 Å². The van der Waals surface area contributed by atoms with Crippen molar-refractivity contribution >= 4 is 35.6 Å². The van der Waals surface area contributed by atoms with Crippen molar-refractivity contribution in [3.8, 4) is 5.75 Å². The molecule has 0 spiro atoms. The molecule has 1 atom stereocenters. The largest absolute Gasteiger partial charge is 0.495 e. The fraction of sp³-hybridized carbons (Fsp3) is 0.500. The summed E-state index contributed by atoms with van der Waals surface area (Å²) >= 11 is 5.95. The predicted molar refractivity (Wildman–Crippen MR) is 87.8 cm³/mol. The van der Waals surface area contributed by atoms with Crippen molar-refractivity contribution in [3.63, 3.8) is 0 Å². The first-order valence-electron chi connectivity index (χ1n) is 6.68. The van der Waals surface area contributed by atoms with E-state index in [4.69, 9.17) is 16.3 Å². The minimum atomic E-state index is -0.0562. The van der Waals surface area contributed by atoms with Crippen LogP contribution >= 0.6 is 24.0 Å². The monoisotopic (exact) mass is 333 g/mol. The Morgan fingerprint density at radius 3 is 3.00 bits per heavy atom. The first-order valence-corrected chi connectivity index (χ1v) is 7.06. The van der Waals surface area contributed by atoms with Crippen LogP contribution in [0.2, 0.25) is 5.02 Å². The summed E-state index contributed by atoms with van der Waals surface area (Å²) in [6.07, 6.45) is 0. The fourth-order valence-electron chi connectivity index (χ4n) is 2.27. The van der Waals surface area contributed by atoms with Gasteiger partial charge in [0.15, 0.2) is 0 Å². The summed E-state index contributed by atoms with van der Waals surface area (Å²) in [4.78, 5) is 14.3. The van der Waals surface area contributed by atoms with Crippen LogP contribution in [0.1, 0.15) is 6.92 Å². The smallest absolute Gasteiger partial charge is 0.238 e. The second-order valence-corrected chi connectivity index (χ2v) is 5.35. The van der Waals surface area contributed by atoms with Crippen molar-refractivity contribution in [2.75, 3.05) is 38.6 Å². The van der Waals surface area contributed by atoms with E-state index in [0.717, 1.165) is 19.6 Å². The zero-order valence-electron chi connectivity index (χ0n) is 12.2. The first kappa shape index (κ1) is 18.0. The molecule has 1 aromatic rings. The molecule has 5 nitrogen and oxygen atoms in total. The molecule has 1 heterocycles. The summed E-state index contributed by atoms with van der Waals surface area (Å²) in [5.41, 5.74) is 0.604. The van der Waals surface area contributed by atoms with E-state index in [1.54, 1.807) is 25.3 Å². The fourth-order valence-corrected chi connectivity index (χ4v) is 2.44. The van der Waals surface area contributed by atoms with Gasteiger partial charge in [-0.25, -0.2) is 0 Å². The molecule has 1 saturated heterocycles.